The van der Waals surface area contributed by atoms with Crippen molar-refractivity contribution in [3.05, 3.63) is 47.8 Å². The number of methoxy groups -OCH3 is 2. The van der Waals surface area contributed by atoms with Gasteiger partial charge in [0, 0.05) is 45.0 Å². The molecule has 0 unspecified atom stereocenters. The van der Waals surface area contributed by atoms with Crippen LogP contribution in [0.3, 0.4) is 0 Å². The first-order valence-electron chi connectivity index (χ1n) is 10.2. The van der Waals surface area contributed by atoms with Crippen LogP contribution < -0.4 is 14.8 Å². The highest BCUT2D eigenvalue weighted by Crippen LogP contribution is 2.30. The molecule has 1 heterocycles. The molecule has 1 N–H and O–H groups in total. The smallest absolute Gasteiger partial charge is 0.321 e. The number of rotatable bonds is 7. The van der Waals surface area contributed by atoms with E-state index in [1.165, 1.54) is 4.90 Å². The number of ether oxygens (including phenoxy) is 2. The van der Waals surface area contributed by atoms with Crippen molar-refractivity contribution in [2.45, 2.75) is 20.0 Å². The molecule has 3 aromatic rings. The molecule has 0 bridgehead atoms. The molecule has 0 radical (unpaired) electrons. The molecular formula is C23H29N5O4. The Labute approximate surface area is 187 Å². The van der Waals surface area contributed by atoms with Gasteiger partial charge in [-0.1, -0.05) is 0 Å². The van der Waals surface area contributed by atoms with Crippen molar-refractivity contribution < 1.29 is 19.1 Å². The second kappa shape index (κ2) is 9.59. The number of hydrogen-bond donors (Lipinski definition) is 1. The quantitative estimate of drug-likeness (QED) is 0.609. The molecule has 0 atom stereocenters. The number of fused-ring (bicyclic) bond motifs is 1. The van der Waals surface area contributed by atoms with Gasteiger partial charge in [0.2, 0.25) is 0 Å². The number of imidazole rings is 1. The van der Waals surface area contributed by atoms with Crippen molar-refractivity contribution in [1.29, 1.82) is 0 Å². The number of amides is 3. The lowest BCUT2D eigenvalue weighted by Gasteiger charge is -2.19. The maximum absolute atomic E-state index is 12.8. The third-order valence-corrected chi connectivity index (χ3v) is 5.16. The first-order valence-corrected chi connectivity index (χ1v) is 10.2. The summed E-state index contributed by atoms with van der Waals surface area (Å²) in [6, 6.07) is 10.4. The number of anilines is 1. The predicted octanol–water partition coefficient (Wildman–Crippen LogP) is 3.44. The van der Waals surface area contributed by atoms with Crippen LogP contribution in [0.1, 0.15) is 23.1 Å². The van der Waals surface area contributed by atoms with E-state index in [1.54, 1.807) is 70.6 Å². The van der Waals surface area contributed by atoms with Gasteiger partial charge in [0.15, 0.2) is 11.5 Å². The fraction of sp³-hybridized carbons (Fsp3) is 0.348. The van der Waals surface area contributed by atoms with Crippen molar-refractivity contribution in [3.63, 3.8) is 0 Å². The van der Waals surface area contributed by atoms with Gasteiger partial charge >= 0.3 is 6.03 Å². The normalized spacial score (nSPS) is 10.7. The second-order valence-electron chi connectivity index (χ2n) is 7.53. The Morgan fingerprint density at radius 1 is 1.03 bits per heavy atom. The molecular weight excluding hydrogens is 410 g/mol. The van der Waals surface area contributed by atoms with Crippen LogP contribution in [-0.4, -0.2) is 66.7 Å². The summed E-state index contributed by atoms with van der Waals surface area (Å²) in [6.45, 7) is 3.02. The number of aromatic nitrogens is 2. The molecule has 0 fully saturated rings. The van der Waals surface area contributed by atoms with Gasteiger partial charge in [-0.05, 0) is 37.3 Å². The van der Waals surface area contributed by atoms with Crippen molar-refractivity contribution in [3.8, 4) is 11.5 Å². The molecule has 0 saturated heterocycles. The first kappa shape index (κ1) is 22.9. The van der Waals surface area contributed by atoms with E-state index < -0.39 is 0 Å². The van der Waals surface area contributed by atoms with Crippen LogP contribution in [-0.2, 0) is 13.1 Å². The Hall–Kier alpha value is -3.75. The molecule has 3 rings (SSSR count). The van der Waals surface area contributed by atoms with E-state index in [-0.39, 0.29) is 11.9 Å². The minimum Gasteiger partial charge on any atom is -0.493 e. The topological polar surface area (TPSA) is 88.9 Å². The number of aryl methyl sites for hydroxylation is 1. The van der Waals surface area contributed by atoms with Gasteiger partial charge in [-0.25, -0.2) is 9.78 Å². The van der Waals surface area contributed by atoms with E-state index in [4.69, 9.17) is 14.5 Å². The molecule has 0 aliphatic rings. The maximum atomic E-state index is 12.8. The number of hydrogen-bond acceptors (Lipinski definition) is 5. The number of nitrogens with zero attached hydrogens (tertiary/aromatic N) is 4. The van der Waals surface area contributed by atoms with Crippen LogP contribution in [0.2, 0.25) is 0 Å². The zero-order valence-electron chi connectivity index (χ0n) is 19.3. The fourth-order valence-corrected chi connectivity index (χ4v) is 3.46. The molecule has 2 aromatic carbocycles. The Morgan fingerprint density at radius 3 is 2.38 bits per heavy atom. The SMILES string of the molecule is CCn1c(CN(C)C(=O)Nc2ccc(OC)c(OC)c2)nc2cc(C(=O)N(C)C)ccc21. The molecule has 1 aromatic heterocycles. The summed E-state index contributed by atoms with van der Waals surface area (Å²) in [5.74, 6) is 1.78. The molecule has 32 heavy (non-hydrogen) atoms. The standard InChI is InChI=1S/C23H29N5O4/c1-7-28-18-10-8-15(22(29)26(2)3)12-17(18)25-21(28)14-27(4)23(30)24-16-9-11-19(31-5)20(13-16)32-6/h8-13H,7,14H2,1-6H3,(H,24,30). The zero-order chi connectivity index (χ0) is 23.4. The number of benzene rings is 2. The van der Waals surface area contributed by atoms with E-state index >= 15 is 0 Å². The average molecular weight is 440 g/mol. The van der Waals surface area contributed by atoms with Gasteiger partial charge in [-0.15, -0.1) is 0 Å². The van der Waals surface area contributed by atoms with E-state index in [9.17, 15) is 9.59 Å². The van der Waals surface area contributed by atoms with Gasteiger partial charge in [-0.3, -0.25) is 4.79 Å². The van der Waals surface area contributed by atoms with Crippen LogP contribution >= 0.6 is 0 Å². The lowest BCUT2D eigenvalue weighted by Crippen LogP contribution is -2.31. The highest BCUT2D eigenvalue weighted by molar-refractivity contribution is 5.97. The van der Waals surface area contributed by atoms with E-state index in [0.717, 1.165) is 16.9 Å². The Bertz CT molecular complexity index is 1140. The molecule has 0 saturated carbocycles. The summed E-state index contributed by atoms with van der Waals surface area (Å²) in [5.41, 5.74) is 2.82. The van der Waals surface area contributed by atoms with Gasteiger partial charge in [0.1, 0.15) is 5.82 Å². The van der Waals surface area contributed by atoms with Crippen LogP contribution in [0, 0.1) is 0 Å². The summed E-state index contributed by atoms with van der Waals surface area (Å²) in [6.07, 6.45) is 0. The third-order valence-electron chi connectivity index (χ3n) is 5.16. The first-order chi connectivity index (χ1) is 15.3. The molecule has 0 aliphatic carbocycles. The maximum Gasteiger partial charge on any atom is 0.321 e. The minimum atomic E-state index is -0.282. The molecule has 0 aliphatic heterocycles. The summed E-state index contributed by atoms with van der Waals surface area (Å²) in [5, 5.41) is 2.86. The van der Waals surface area contributed by atoms with Crippen molar-refractivity contribution in [2.75, 3.05) is 40.7 Å². The van der Waals surface area contributed by atoms with E-state index in [2.05, 4.69) is 5.32 Å². The summed E-state index contributed by atoms with van der Waals surface area (Å²) >= 11 is 0. The molecule has 9 heteroatoms. The predicted molar refractivity (Wildman–Crippen MR) is 123 cm³/mol. The lowest BCUT2D eigenvalue weighted by molar-refractivity contribution is 0.0827. The Morgan fingerprint density at radius 2 is 1.75 bits per heavy atom. The minimum absolute atomic E-state index is 0.0779. The third kappa shape index (κ3) is 4.61. The molecule has 170 valence electrons. The number of nitrogens with one attached hydrogen (secondary N) is 1. The molecule has 9 nitrogen and oxygen atoms in total. The number of carbonyl (C=O) groups is 2. The fourth-order valence-electron chi connectivity index (χ4n) is 3.46. The van der Waals surface area contributed by atoms with Crippen LogP contribution in [0.15, 0.2) is 36.4 Å². The number of carbonyl (C=O) groups excluding carboxylic acids is 2. The van der Waals surface area contributed by atoms with Crippen molar-refractivity contribution >= 4 is 28.7 Å². The van der Waals surface area contributed by atoms with E-state index in [0.29, 0.717) is 35.8 Å². The Kier molecular flexibility index (Phi) is 6.87. The van der Waals surface area contributed by atoms with Gasteiger partial charge in [0.25, 0.3) is 5.91 Å². The summed E-state index contributed by atoms with van der Waals surface area (Å²) in [7, 11) is 8.24. The molecule has 0 spiro atoms. The second-order valence-corrected chi connectivity index (χ2v) is 7.53. The van der Waals surface area contributed by atoms with Crippen LogP contribution in [0.5, 0.6) is 11.5 Å². The largest absolute Gasteiger partial charge is 0.493 e. The van der Waals surface area contributed by atoms with Gasteiger partial charge < -0.3 is 29.2 Å². The van der Waals surface area contributed by atoms with Crippen LogP contribution in [0.4, 0.5) is 10.5 Å². The highest BCUT2D eigenvalue weighted by atomic mass is 16.5. The lowest BCUT2D eigenvalue weighted by atomic mass is 10.2. The number of urea groups is 1. The highest BCUT2D eigenvalue weighted by Gasteiger charge is 2.17. The summed E-state index contributed by atoms with van der Waals surface area (Å²) < 4.78 is 12.6. The zero-order valence-corrected chi connectivity index (χ0v) is 19.3. The van der Waals surface area contributed by atoms with Gasteiger partial charge in [-0.2, -0.15) is 0 Å². The monoisotopic (exact) mass is 439 g/mol. The Balaban J connectivity index is 1.80. The van der Waals surface area contributed by atoms with Gasteiger partial charge in [0.05, 0.1) is 31.8 Å². The van der Waals surface area contributed by atoms with Crippen LogP contribution in [0.25, 0.3) is 11.0 Å². The van der Waals surface area contributed by atoms with E-state index in [1.807, 2.05) is 17.6 Å². The molecule has 3 amide bonds. The summed E-state index contributed by atoms with van der Waals surface area (Å²) in [4.78, 5) is 32.8. The van der Waals surface area contributed by atoms with Crippen molar-refractivity contribution in [1.82, 2.24) is 19.4 Å². The average Bonchev–Trinajstić information content (AvgIpc) is 3.14. The van der Waals surface area contributed by atoms with Crippen molar-refractivity contribution in [2.24, 2.45) is 0 Å².